The van der Waals surface area contributed by atoms with Gasteiger partial charge < -0.3 is 16.0 Å². The molecule has 0 aromatic carbocycles. The van der Waals surface area contributed by atoms with Crippen LogP contribution in [0.2, 0.25) is 0 Å². The van der Waals surface area contributed by atoms with Gasteiger partial charge in [0.25, 0.3) is 5.91 Å². The topological polar surface area (TPSA) is 70.9 Å². The van der Waals surface area contributed by atoms with Crippen molar-refractivity contribution in [2.75, 3.05) is 6.54 Å². The summed E-state index contributed by atoms with van der Waals surface area (Å²) >= 11 is 2.17. The molecule has 1 heterocycles. The minimum Gasteiger partial charge on any atom is -0.356 e. The smallest absolute Gasteiger partial charge is 0.267 e. The highest BCUT2D eigenvalue weighted by atomic mass is 127. The molecule has 1 unspecified atom stereocenters. The lowest BCUT2D eigenvalue weighted by Gasteiger charge is -2.15. The summed E-state index contributed by atoms with van der Waals surface area (Å²) in [5, 5.41) is 2.96. The van der Waals surface area contributed by atoms with Crippen LogP contribution < -0.4 is 11.1 Å². The first kappa shape index (κ1) is 10.9. The molecular weight excluding hydrogens is 305 g/mol. The summed E-state index contributed by atoms with van der Waals surface area (Å²) in [7, 11) is 0. The largest absolute Gasteiger partial charge is 0.356 e. The number of hydrogen-bond acceptors (Lipinski definition) is 2. The maximum atomic E-state index is 11.8. The molecular formula is C10H14IN3O. The molecule has 1 atom stereocenters. The van der Waals surface area contributed by atoms with Crippen molar-refractivity contribution in [1.82, 2.24) is 10.3 Å². The van der Waals surface area contributed by atoms with Gasteiger partial charge in [-0.25, -0.2) is 0 Å². The number of nitrogens with one attached hydrogen (secondary N) is 2. The van der Waals surface area contributed by atoms with Crippen LogP contribution in [-0.2, 0) is 0 Å². The molecule has 2 rings (SSSR count). The highest BCUT2D eigenvalue weighted by Gasteiger charge is 2.31. The Bertz CT molecular complexity index is 359. The van der Waals surface area contributed by atoms with Crippen LogP contribution >= 0.6 is 22.6 Å². The van der Waals surface area contributed by atoms with Gasteiger partial charge in [-0.05, 0) is 47.4 Å². The average molecular weight is 319 g/mol. The third-order valence-electron chi connectivity index (χ3n) is 2.65. The van der Waals surface area contributed by atoms with E-state index in [1.807, 2.05) is 12.3 Å². The zero-order valence-electron chi connectivity index (χ0n) is 8.29. The summed E-state index contributed by atoms with van der Waals surface area (Å²) in [4.78, 5) is 14.7. The molecule has 1 amide bonds. The summed E-state index contributed by atoms with van der Waals surface area (Å²) in [6.07, 6.45) is 4.18. The number of H-pyrrole nitrogens is 1. The van der Waals surface area contributed by atoms with Crippen molar-refractivity contribution in [1.29, 1.82) is 0 Å². The van der Waals surface area contributed by atoms with E-state index in [1.54, 1.807) is 0 Å². The molecule has 82 valence electrons. The Morgan fingerprint density at radius 2 is 2.47 bits per heavy atom. The fourth-order valence-electron chi connectivity index (χ4n) is 1.61. The lowest BCUT2D eigenvalue weighted by atomic mass is 10.2. The molecule has 1 aliphatic carbocycles. The first-order valence-electron chi connectivity index (χ1n) is 5.05. The molecule has 4 N–H and O–H groups in total. The maximum Gasteiger partial charge on any atom is 0.267 e. The van der Waals surface area contributed by atoms with Gasteiger partial charge in [-0.2, -0.15) is 0 Å². The van der Waals surface area contributed by atoms with Crippen molar-refractivity contribution in [3.63, 3.8) is 0 Å². The van der Waals surface area contributed by atoms with E-state index in [0.717, 1.165) is 3.57 Å². The molecule has 0 bridgehead atoms. The second-order valence-corrected chi connectivity index (χ2v) is 5.13. The Hall–Kier alpha value is -0.560. The summed E-state index contributed by atoms with van der Waals surface area (Å²) in [5.41, 5.74) is 6.23. The molecule has 0 spiro atoms. The molecule has 1 aromatic heterocycles. The third-order valence-corrected chi connectivity index (χ3v) is 3.28. The van der Waals surface area contributed by atoms with E-state index in [0.29, 0.717) is 18.2 Å². The number of amides is 1. The van der Waals surface area contributed by atoms with E-state index in [-0.39, 0.29) is 11.9 Å². The van der Waals surface area contributed by atoms with Gasteiger partial charge >= 0.3 is 0 Å². The van der Waals surface area contributed by atoms with Gasteiger partial charge in [0.2, 0.25) is 0 Å². The Morgan fingerprint density at radius 3 is 2.93 bits per heavy atom. The van der Waals surface area contributed by atoms with Crippen LogP contribution in [0.4, 0.5) is 0 Å². The van der Waals surface area contributed by atoms with Crippen LogP contribution in [0.3, 0.4) is 0 Å². The fraction of sp³-hybridized carbons (Fsp3) is 0.500. The molecule has 1 aliphatic rings. The minimum atomic E-state index is -0.0553. The molecule has 0 aliphatic heterocycles. The van der Waals surface area contributed by atoms with Crippen molar-refractivity contribution in [2.45, 2.75) is 18.9 Å². The lowest BCUT2D eigenvalue weighted by Crippen LogP contribution is -2.41. The van der Waals surface area contributed by atoms with Crippen LogP contribution in [0.15, 0.2) is 12.3 Å². The first-order chi connectivity index (χ1) is 7.20. The van der Waals surface area contributed by atoms with Gasteiger partial charge in [-0.15, -0.1) is 0 Å². The van der Waals surface area contributed by atoms with E-state index in [9.17, 15) is 4.79 Å². The number of nitrogens with two attached hydrogens (primary N) is 1. The standard InChI is InChI=1S/C10H14IN3O/c11-7-3-8(13-5-7)10(15)14-9(4-12)6-1-2-6/h3,5-6,9,13H,1-2,4,12H2,(H,14,15). The number of aromatic amines is 1. The second-order valence-electron chi connectivity index (χ2n) is 3.88. The molecule has 1 saturated carbocycles. The lowest BCUT2D eigenvalue weighted by molar-refractivity contribution is 0.0929. The number of carbonyl (C=O) groups excluding carboxylic acids is 1. The van der Waals surface area contributed by atoms with E-state index < -0.39 is 0 Å². The third kappa shape index (κ3) is 2.72. The van der Waals surface area contributed by atoms with Crippen LogP contribution in [0, 0.1) is 9.49 Å². The summed E-state index contributed by atoms with van der Waals surface area (Å²) < 4.78 is 1.04. The Morgan fingerprint density at radius 1 is 1.73 bits per heavy atom. The van der Waals surface area contributed by atoms with E-state index >= 15 is 0 Å². The quantitative estimate of drug-likeness (QED) is 0.727. The monoisotopic (exact) mass is 319 g/mol. The number of aromatic nitrogens is 1. The van der Waals surface area contributed by atoms with Crippen LogP contribution in [-0.4, -0.2) is 23.5 Å². The van der Waals surface area contributed by atoms with Gasteiger partial charge in [0.1, 0.15) is 5.69 Å². The number of halogens is 1. The van der Waals surface area contributed by atoms with Gasteiger partial charge in [-0.3, -0.25) is 4.79 Å². The fourth-order valence-corrected chi connectivity index (χ4v) is 2.08. The van der Waals surface area contributed by atoms with Crippen molar-refractivity contribution < 1.29 is 4.79 Å². The summed E-state index contributed by atoms with van der Waals surface area (Å²) in [6, 6.07) is 1.97. The molecule has 0 saturated heterocycles. The van der Waals surface area contributed by atoms with Crippen molar-refractivity contribution in [3.8, 4) is 0 Å². The van der Waals surface area contributed by atoms with Gasteiger partial charge in [0.15, 0.2) is 0 Å². The second kappa shape index (κ2) is 4.52. The predicted molar refractivity (Wildman–Crippen MR) is 66.5 cm³/mol. The molecule has 15 heavy (non-hydrogen) atoms. The maximum absolute atomic E-state index is 11.8. The van der Waals surface area contributed by atoms with Crippen molar-refractivity contribution in [2.24, 2.45) is 11.7 Å². The average Bonchev–Trinajstić information content (AvgIpc) is 2.97. The van der Waals surface area contributed by atoms with Crippen molar-refractivity contribution >= 4 is 28.5 Å². The van der Waals surface area contributed by atoms with Crippen LogP contribution in [0.5, 0.6) is 0 Å². The van der Waals surface area contributed by atoms with Crippen molar-refractivity contribution in [3.05, 3.63) is 21.5 Å². The Labute approximate surface area is 102 Å². The molecule has 5 heteroatoms. The highest BCUT2D eigenvalue weighted by Crippen LogP contribution is 2.32. The van der Waals surface area contributed by atoms with Gasteiger partial charge in [0.05, 0.1) is 0 Å². The van der Waals surface area contributed by atoms with Gasteiger partial charge in [0, 0.05) is 22.4 Å². The van der Waals surface area contributed by atoms with E-state index in [1.165, 1.54) is 12.8 Å². The molecule has 0 radical (unpaired) electrons. The van der Waals surface area contributed by atoms with Gasteiger partial charge in [-0.1, -0.05) is 0 Å². The van der Waals surface area contributed by atoms with E-state index in [4.69, 9.17) is 5.73 Å². The Kier molecular flexibility index (Phi) is 3.30. The zero-order chi connectivity index (χ0) is 10.8. The number of carbonyl (C=O) groups is 1. The molecule has 1 fully saturated rings. The number of hydrogen-bond donors (Lipinski definition) is 3. The molecule has 4 nitrogen and oxygen atoms in total. The number of rotatable bonds is 4. The minimum absolute atomic E-state index is 0.0553. The molecule has 1 aromatic rings. The Balaban J connectivity index is 1.96. The van der Waals surface area contributed by atoms with Crippen LogP contribution in [0.25, 0.3) is 0 Å². The highest BCUT2D eigenvalue weighted by molar-refractivity contribution is 14.1. The summed E-state index contributed by atoms with van der Waals surface area (Å²) in [5.74, 6) is 0.535. The van der Waals surface area contributed by atoms with Crippen LogP contribution in [0.1, 0.15) is 23.3 Å². The first-order valence-corrected chi connectivity index (χ1v) is 6.13. The SMILES string of the molecule is NCC(NC(=O)c1cc(I)c[nH]1)C1CC1. The normalized spacial score (nSPS) is 17.5. The predicted octanol–water partition coefficient (Wildman–Crippen LogP) is 1.09. The summed E-state index contributed by atoms with van der Waals surface area (Å²) in [6.45, 7) is 0.522. The van der Waals surface area contributed by atoms with E-state index in [2.05, 4.69) is 32.9 Å². The zero-order valence-corrected chi connectivity index (χ0v) is 10.5.